The third-order valence-electron chi connectivity index (χ3n) is 7.05. The number of ether oxygens (including phenoxy) is 2. The zero-order valence-corrected chi connectivity index (χ0v) is 19.1. The molecule has 1 aliphatic carbocycles. The van der Waals surface area contributed by atoms with E-state index in [4.69, 9.17) is 14.0 Å². The fourth-order valence-corrected chi connectivity index (χ4v) is 5.28. The van der Waals surface area contributed by atoms with E-state index in [0.717, 1.165) is 55.4 Å². The topological polar surface area (TPSA) is 64.8 Å². The third-order valence-corrected chi connectivity index (χ3v) is 7.05. The molecule has 174 valence electrons. The molecule has 1 unspecified atom stereocenters. The summed E-state index contributed by atoms with van der Waals surface area (Å²) in [6, 6.07) is 10.3. The molecule has 0 bridgehead atoms. The smallest absolute Gasteiger partial charge is 0.210 e. The summed E-state index contributed by atoms with van der Waals surface area (Å²) in [5.41, 5.74) is 2.15. The molecule has 2 aliphatic rings. The van der Waals surface area contributed by atoms with Gasteiger partial charge in [0.2, 0.25) is 5.78 Å². The van der Waals surface area contributed by atoms with Gasteiger partial charge in [-0.1, -0.05) is 18.1 Å². The maximum atomic E-state index is 13.8. The van der Waals surface area contributed by atoms with Gasteiger partial charge in [0.15, 0.2) is 11.3 Å². The zero-order chi connectivity index (χ0) is 23.0. The van der Waals surface area contributed by atoms with Crippen molar-refractivity contribution in [1.82, 2.24) is 10.1 Å². The van der Waals surface area contributed by atoms with Crippen LogP contribution in [0.5, 0.6) is 5.75 Å². The second-order valence-corrected chi connectivity index (χ2v) is 8.95. The number of methoxy groups -OCH3 is 1. The van der Waals surface area contributed by atoms with Crippen LogP contribution in [0.15, 0.2) is 40.9 Å². The first-order valence-electron chi connectivity index (χ1n) is 11.7. The van der Waals surface area contributed by atoms with Crippen LogP contribution in [0.1, 0.15) is 60.1 Å². The Morgan fingerprint density at radius 1 is 1.21 bits per heavy atom. The fraction of sp³-hybridized carbons (Fsp3) is 0.462. The Morgan fingerprint density at radius 2 is 2.03 bits per heavy atom. The molecule has 33 heavy (non-hydrogen) atoms. The largest absolute Gasteiger partial charge is 0.497 e. The molecule has 0 spiro atoms. The average Bonchev–Trinajstić information content (AvgIpc) is 3.27. The summed E-state index contributed by atoms with van der Waals surface area (Å²) in [6.45, 7) is 4.02. The van der Waals surface area contributed by atoms with Crippen molar-refractivity contribution in [2.24, 2.45) is 0 Å². The number of carbonyl (C=O) groups is 1. The molecule has 0 amide bonds. The molecule has 1 aromatic heterocycles. The maximum Gasteiger partial charge on any atom is 0.210 e. The molecule has 1 aliphatic heterocycles. The van der Waals surface area contributed by atoms with Crippen LogP contribution < -0.4 is 4.74 Å². The van der Waals surface area contributed by atoms with Gasteiger partial charge in [-0.15, -0.1) is 0 Å². The molecule has 0 saturated carbocycles. The van der Waals surface area contributed by atoms with Crippen molar-refractivity contribution >= 4 is 16.8 Å². The lowest BCUT2D eigenvalue weighted by molar-refractivity contribution is -0.137. The van der Waals surface area contributed by atoms with Crippen molar-refractivity contribution in [2.75, 3.05) is 26.8 Å². The van der Waals surface area contributed by atoms with E-state index in [2.05, 4.69) is 17.0 Å². The number of halogens is 1. The van der Waals surface area contributed by atoms with Crippen molar-refractivity contribution in [1.29, 1.82) is 0 Å². The van der Waals surface area contributed by atoms with Gasteiger partial charge in [-0.2, -0.15) is 0 Å². The molecule has 1 saturated heterocycles. The van der Waals surface area contributed by atoms with Gasteiger partial charge in [0.05, 0.1) is 12.8 Å². The lowest BCUT2D eigenvalue weighted by Crippen LogP contribution is -2.60. The van der Waals surface area contributed by atoms with Gasteiger partial charge in [-0.25, -0.2) is 4.39 Å². The number of likely N-dealkylation sites (tertiary alicyclic amines) is 1. The molecule has 6 nitrogen and oxygen atoms in total. The van der Waals surface area contributed by atoms with Gasteiger partial charge < -0.3 is 14.0 Å². The Morgan fingerprint density at radius 3 is 2.79 bits per heavy atom. The van der Waals surface area contributed by atoms with Crippen LogP contribution in [0, 0.1) is 5.82 Å². The van der Waals surface area contributed by atoms with E-state index >= 15 is 0 Å². The Balaban J connectivity index is 1.40. The molecular weight excluding hydrogens is 423 g/mol. The summed E-state index contributed by atoms with van der Waals surface area (Å²) < 4.78 is 30.7. The van der Waals surface area contributed by atoms with E-state index in [-0.39, 0.29) is 17.5 Å². The summed E-state index contributed by atoms with van der Waals surface area (Å²) in [6.07, 6.45) is 3.93. The predicted molar refractivity (Wildman–Crippen MR) is 122 cm³/mol. The molecule has 5 rings (SSSR count). The van der Waals surface area contributed by atoms with Crippen molar-refractivity contribution in [3.63, 3.8) is 0 Å². The lowest BCUT2D eigenvalue weighted by Gasteiger charge is -2.47. The number of hydrogen-bond donors (Lipinski definition) is 0. The van der Waals surface area contributed by atoms with Crippen LogP contribution in [0.25, 0.3) is 11.0 Å². The summed E-state index contributed by atoms with van der Waals surface area (Å²) in [7, 11) is 1.61. The highest BCUT2D eigenvalue weighted by atomic mass is 19.1. The quantitative estimate of drug-likeness (QED) is 0.518. The highest BCUT2D eigenvalue weighted by molar-refractivity contribution is 6.04. The highest BCUT2D eigenvalue weighted by Crippen LogP contribution is 2.40. The third kappa shape index (κ3) is 3.83. The van der Waals surface area contributed by atoms with Crippen molar-refractivity contribution in [3.8, 4) is 5.75 Å². The molecule has 7 heteroatoms. The van der Waals surface area contributed by atoms with E-state index in [0.29, 0.717) is 29.9 Å². The molecule has 0 N–H and O–H groups in total. The lowest BCUT2D eigenvalue weighted by atomic mass is 9.81. The van der Waals surface area contributed by atoms with E-state index in [9.17, 15) is 9.18 Å². The normalized spacial score (nSPS) is 22.0. The maximum absolute atomic E-state index is 13.8. The number of ketones is 1. The molecule has 2 aromatic carbocycles. The van der Waals surface area contributed by atoms with Crippen LogP contribution in [0.4, 0.5) is 4.39 Å². The Bertz CT molecular complexity index is 1170. The van der Waals surface area contributed by atoms with Crippen molar-refractivity contribution in [3.05, 3.63) is 59.0 Å². The number of hydrogen-bond acceptors (Lipinski definition) is 6. The number of rotatable bonds is 6. The number of piperidine rings is 1. The van der Waals surface area contributed by atoms with Crippen LogP contribution in [-0.2, 0) is 11.2 Å². The van der Waals surface area contributed by atoms with Gasteiger partial charge in [0.1, 0.15) is 11.6 Å². The second kappa shape index (κ2) is 8.88. The van der Waals surface area contributed by atoms with Gasteiger partial charge in [-0.05, 0) is 55.5 Å². The Kier molecular flexibility index (Phi) is 5.93. The van der Waals surface area contributed by atoms with E-state index in [1.807, 2.05) is 18.2 Å². The Hall–Kier alpha value is -2.77. The number of benzene rings is 2. The van der Waals surface area contributed by atoms with E-state index in [1.54, 1.807) is 13.2 Å². The van der Waals surface area contributed by atoms with Crippen LogP contribution in [-0.4, -0.2) is 48.4 Å². The number of fused-ring (bicyclic) bond motifs is 2. The molecule has 0 radical (unpaired) electrons. The standard InChI is InChI=1S/C26H29FN2O4/c1-3-14-32-26(11-8-17-4-6-20(31-2)16-22(17)25(26)30)29-12-9-18(10-13-29)24-21-7-5-19(27)15-23(21)33-28-24/h4-7,15-16,18H,3,8-14H2,1-2H3. The van der Waals surface area contributed by atoms with Crippen LogP contribution >= 0.6 is 0 Å². The van der Waals surface area contributed by atoms with Gasteiger partial charge in [0, 0.05) is 49.1 Å². The minimum atomic E-state index is -0.949. The average molecular weight is 453 g/mol. The van der Waals surface area contributed by atoms with Gasteiger partial charge in [0.25, 0.3) is 0 Å². The first kappa shape index (κ1) is 22.0. The summed E-state index contributed by atoms with van der Waals surface area (Å²) in [5.74, 6) is 0.573. The minimum absolute atomic E-state index is 0.0249. The van der Waals surface area contributed by atoms with Gasteiger partial charge >= 0.3 is 0 Å². The minimum Gasteiger partial charge on any atom is -0.497 e. The number of aromatic nitrogens is 1. The summed E-state index contributed by atoms with van der Waals surface area (Å²) >= 11 is 0. The highest BCUT2D eigenvalue weighted by Gasteiger charge is 2.49. The molecule has 1 atom stereocenters. The molecule has 2 heterocycles. The number of aryl methyl sites for hydroxylation is 1. The van der Waals surface area contributed by atoms with Crippen molar-refractivity contribution in [2.45, 2.75) is 50.7 Å². The number of Topliss-reactive ketones (excluding diaryl/α,β-unsaturated/α-hetero) is 1. The first-order valence-corrected chi connectivity index (χ1v) is 11.7. The van der Waals surface area contributed by atoms with Crippen LogP contribution in [0.2, 0.25) is 0 Å². The first-order chi connectivity index (χ1) is 16.1. The van der Waals surface area contributed by atoms with E-state index in [1.165, 1.54) is 12.1 Å². The van der Waals surface area contributed by atoms with E-state index < -0.39 is 5.72 Å². The van der Waals surface area contributed by atoms with Gasteiger partial charge in [-0.3, -0.25) is 9.69 Å². The number of carbonyl (C=O) groups excluding carboxylic acids is 1. The SMILES string of the molecule is CCCOC1(N2CCC(c3noc4cc(F)ccc34)CC2)CCc2ccc(OC)cc2C1=O. The summed E-state index contributed by atoms with van der Waals surface area (Å²) in [5, 5.41) is 5.12. The fourth-order valence-electron chi connectivity index (χ4n) is 5.28. The predicted octanol–water partition coefficient (Wildman–Crippen LogP) is 5.11. The Labute approximate surface area is 192 Å². The summed E-state index contributed by atoms with van der Waals surface area (Å²) in [4.78, 5) is 16.1. The molecule has 1 fully saturated rings. The monoisotopic (exact) mass is 452 g/mol. The van der Waals surface area contributed by atoms with Crippen molar-refractivity contribution < 1.29 is 23.2 Å². The van der Waals surface area contributed by atoms with Crippen LogP contribution in [0.3, 0.4) is 0 Å². The second-order valence-electron chi connectivity index (χ2n) is 8.95. The molecular formula is C26H29FN2O4. The molecule has 3 aromatic rings. The zero-order valence-electron chi connectivity index (χ0n) is 19.1. The number of nitrogens with zero attached hydrogens (tertiary/aromatic N) is 2.